The van der Waals surface area contributed by atoms with Gasteiger partial charge in [-0.15, -0.1) is 0 Å². The van der Waals surface area contributed by atoms with Crippen molar-refractivity contribution in [1.82, 2.24) is 14.1 Å². The first-order valence-electron chi connectivity index (χ1n) is 10.6. The lowest BCUT2D eigenvalue weighted by Crippen LogP contribution is -2.43. The van der Waals surface area contributed by atoms with E-state index < -0.39 is 11.4 Å². The lowest BCUT2D eigenvalue weighted by Gasteiger charge is -2.16. The number of aromatic nitrogens is 3. The molecule has 0 amide bonds. The van der Waals surface area contributed by atoms with Gasteiger partial charge in [0.05, 0.1) is 33.1 Å². The van der Waals surface area contributed by atoms with Crippen LogP contribution in [0.3, 0.4) is 0 Å². The number of nitrogens with zero attached hydrogens (tertiary/aromatic N) is 3. The molecule has 0 radical (unpaired) electrons. The molecule has 178 valence electrons. The Morgan fingerprint density at radius 3 is 2.53 bits per heavy atom. The van der Waals surface area contributed by atoms with E-state index >= 15 is 0 Å². The maximum absolute atomic E-state index is 13.1. The van der Waals surface area contributed by atoms with Crippen molar-refractivity contribution in [3.63, 3.8) is 0 Å². The molecule has 3 aromatic rings. The molecule has 3 rings (SSSR count). The summed E-state index contributed by atoms with van der Waals surface area (Å²) in [5, 5.41) is 13.0. The fourth-order valence-electron chi connectivity index (χ4n) is 3.41. The van der Waals surface area contributed by atoms with Crippen molar-refractivity contribution in [3.05, 3.63) is 104 Å². The summed E-state index contributed by atoms with van der Waals surface area (Å²) < 4.78 is 7.34. The Kier molecular flexibility index (Phi) is 8.45. The standard InChI is InChI=1S/C25H27ClN4O4/c1-17(2)22(11-14-34-3)19-5-4-6-21(15-19)27-23-28-24(32)29(12-13-31)25(33)30(23)16-18-7-9-20(26)10-8-18/h4-11,14-15,31H,12-13,16H2,1-3H3,(H,27,28,32)/b14-11-. The number of ether oxygens (including phenoxy) is 1. The second-order valence-corrected chi connectivity index (χ2v) is 8.18. The second kappa shape index (κ2) is 11.5. The molecule has 8 nitrogen and oxygen atoms in total. The highest BCUT2D eigenvalue weighted by atomic mass is 35.5. The number of aliphatic hydroxyl groups is 1. The number of benzene rings is 2. The molecule has 0 unspecified atom stereocenters. The zero-order valence-electron chi connectivity index (χ0n) is 19.3. The minimum absolute atomic E-state index is 0.0995. The first-order chi connectivity index (χ1) is 16.3. The van der Waals surface area contributed by atoms with Crippen LogP contribution in [0.4, 0.5) is 11.6 Å². The molecule has 0 atom stereocenters. The summed E-state index contributed by atoms with van der Waals surface area (Å²) in [6.45, 7) is 3.67. The minimum Gasteiger partial charge on any atom is -0.504 e. The Hall–Kier alpha value is -3.62. The van der Waals surface area contributed by atoms with Gasteiger partial charge in [-0.25, -0.2) is 14.2 Å². The summed E-state index contributed by atoms with van der Waals surface area (Å²) in [4.78, 5) is 29.7. The van der Waals surface area contributed by atoms with E-state index in [1.165, 1.54) is 4.57 Å². The Labute approximate surface area is 202 Å². The van der Waals surface area contributed by atoms with Crippen LogP contribution in [0, 0.1) is 0 Å². The van der Waals surface area contributed by atoms with E-state index in [9.17, 15) is 14.7 Å². The number of methoxy groups -OCH3 is 1. The Morgan fingerprint density at radius 2 is 1.88 bits per heavy atom. The minimum atomic E-state index is -0.738. The van der Waals surface area contributed by atoms with E-state index in [1.54, 1.807) is 37.6 Å². The number of rotatable bonds is 9. The summed E-state index contributed by atoms with van der Waals surface area (Å²) in [5.74, 6) is 0.0995. The number of nitrogens with one attached hydrogen (secondary N) is 1. The van der Waals surface area contributed by atoms with Gasteiger partial charge in [-0.3, -0.25) is 4.57 Å². The highest BCUT2D eigenvalue weighted by molar-refractivity contribution is 6.30. The monoisotopic (exact) mass is 482 g/mol. The third kappa shape index (κ3) is 6.03. The summed E-state index contributed by atoms with van der Waals surface area (Å²) in [6.07, 6.45) is 3.48. The van der Waals surface area contributed by atoms with E-state index in [0.29, 0.717) is 10.7 Å². The van der Waals surface area contributed by atoms with Gasteiger partial charge >= 0.3 is 11.4 Å². The maximum Gasteiger partial charge on any atom is 0.355 e. The molecule has 0 aliphatic rings. The Morgan fingerprint density at radius 1 is 1.15 bits per heavy atom. The zero-order chi connectivity index (χ0) is 24.7. The molecule has 0 saturated heterocycles. The number of aliphatic hydroxyl groups excluding tert-OH is 1. The van der Waals surface area contributed by atoms with Crippen LogP contribution in [0.1, 0.15) is 25.0 Å². The molecule has 0 fully saturated rings. The first-order valence-corrected chi connectivity index (χ1v) is 11.0. The van der Waals surface area contributed by atoms with Crippen LogP contribution in [-0.2, 0) is 17.8 Å². The van der Waals surface area contributed by atoms with E-state index in [4.69, 9.17) is 16.3 Å². The van der Waals surface area contributed by atoms with Gasteiger partial charge in [0.25, 0.3) is 0 Å². The van der Waals surface area contributed by atoms with Crippen LogP contribution < -0.4 is 16.7 Å². The van der Waals surface area contributed by atoms with Crippen molar-refractivity contribution in [2.45, 2.75) is 26.9 Å². The van der Waals surface area contributed by atoms with Crippen LogP contribution >= 0.6 is 11.6 Å². The van der Waals surface area contributed by atoms with Gasteiger partial charge in [0.15, 0.2) is 0 Å². The summed E-state index contributed by atoms with van der Waals surface area (Å²) >= 11 is 5.98. The van der Waals surface area contributed by atoms with E-state index in [0.717, 1.165) is 26.8 Å². The van der Waals surface area contributed by atoms with Gasteiger partial charge in [-0.05, 0) is 60.9 Å². The molecule has 0 bridgehead atoms. The highest BCUT2D eigenvalue weighted by Gasteiger charge is 2.14. The van der Waals surface area contributed by atoms with Crippen molar-refractivity contribution in [2.75, 3.05) is 19.0 Å². The zero-order valence-corrected chi connectivity index (χ0v) is 20.0. The lowest BCUT2D eigenvalue weighted by molar-refractivity contribution is 0.268. The number of hydrogen-bond acceptors (Lipinski definition) is 6. The van der Waals surface area contributed by atoms with E-state index in [1.807, 2.05) is 44.2 Å². The molecule has 2 aromatic carbocycles. The average molecular weight is 483 g/mol. The van der Waals surface area contributed by atoms with Crippen LogP contribution in [0.2, 0.25) is 5.02 Å². The average Bonchev–Trinajstić information content (AvgIpc) is 2.81. The fraction of sp³-hybridized carbons (Fsp3) is 0.240. The molecular formula is C25H27ClN4O4. The van der Waals surface area contributed by atoms with Gasteiger partial charge in [-0.2, -0.15) is 4.98 Å². The Bertz CT molecular complexity index is 1320. The fourth-order valence-corrected chi connectivity index (χ4v) is 3.54. The van der Waals surface area contributed by atoms with Crippen molar-refractivity contribution in [1.29, 1.82) is 0 Å². The molecule has 9 heteroatoms. The van der Waals surface area contributed by atoms with Crippen molar-refractivity contribution < 1.29 is 9.84 Å². The second-order valence-electron chi connectivity index (χ2n) is 7.75. The van der Waals surface area contributed by atoms with Crippen LogP contribution in [0.15, 0.2) is 76.0 Å². The predicted octanol–water partition coefficient (Wildman–Crippen LogP) is 3.80. The summed E-state index contributed by atoms with van der Waals surface area (Å²) in [6, 6.07) is 14.6. The molecule has 0 aliphatic carbocycles. The molecule has 0 aliphatic heterocycles. The molecular weight excluding hydrogens is 456 g/mol. The molecule has 1 heterocycles. The number of halogens is 1. The van der Waals surface area contributed by atoms with Crippen molar-refractivity contribution in [3.8, 4) is 0 Å². The molecule has 0 saturated carbocycles. The van der Waals surface area contributed by atoms with Crippen LogP contribution in [0.5, 0.6) is 0 Å². The molecule has 1 aromatic heterocycles. The number of allylic oxidation sites excluding steroid dienone is 3. The first kappa shape index (κ1) is 25.0. The van der Waals surface area contributed by atoms with Crippen LogP contribution in [-0.4, -0.2) is 32.9 Å². The Balaban J connectivity index is 2.07. The van der Waals surface area contributed by atoms with Gasteiger partial charge in [0, 0.05) is 10.7 Å². The largest absolute Gasteiger partial charge is 0.504 e. The SMILES string of the molecule is CO/C=C\C(=C(C)C)c1cccc(Nc2nc(=O)n(CCO)c(=O)n2Cc2ccc(Cl)cc2)c1. The van der Waals surface area contributed by atoms with Crippen molar-refractivity contribution >= 4 is 28.8 Å². The number of hydrogen-bond donors (Lipinski definition) is 2. The lowest BCUT2D eigenvalue weighted by atomic mass is 10.0. The summed E-state index contributed by atoms with van der Waals surface area (Å²) in [7, 11) is 1.59. The smallest absolute Gasteiger partial charge is 0.355 e. The van der Waals surface area contributed by atoms with Gasteiger partial charge in [-0.1, -0.05) is 41.4 Å². The molecule has 34 heavy (non-hydrogen) atoms. The predicted molar refractivity (Wildman–Crippen MR) is 135 cm³/mol. The molecule has 0 spiro atoms. The van der Waals surface area contributed by atoms with Crippen LogP contribution in [0.25, 0.3) is 5.57 Å². The normalized spacial score (nSPS) is 11.0. The highest BCUT2D eigenvalue weighted by Crippen LogP contribution is 2.24. The van der Waals surface area contributed by atoms with E-state index in [-0.39, 0.29) is 25.6 Å². The topological polar surface area (TPSA) is 98.4 Å². The van der Waals surface area contributed by atoms with Gasteiger partial charge in [0.1, 0.15) is 0 Å². The quantitative estimate of drug-likeness (QED) is 0.355. The molecule has 2 N–H and O–H groups in total. The number of anilines is 2. The third-order valence-corrected chi connectivity index (χ3v) is 5.32. The summed E-state index contributed by atoms with van der Waals surface area (Å²) in [5.41, 5.74) is 3.14. The van der Waals surface area contributed by atoms with Crippen molar-refractivity contribution in [2.24, 2.45) is 0 Å². The van der Waals surface area contributed by atoms with Gasteiger partial charge < -0.3 is 15.2 Å². The third-order valence-electron chi connectivity index (χ3n) is 5.07. The van der Waals surface area contributed by atoms with E-state index in [2.05, 4.69) is 10.3 Å². The van der Waals surface area contributed by atoms with Gasteiger partial charge in [0.2, 0.25) is 5.95 Å². The maximum atomic E-state index is 13.1.